The van der Waals surface area contributed by atoms with Crippen LogP contribution in [0.3, 0.4) is 0 Å². The summed E-state index contributed by atoms with van der Waals surface area (Å²) in [5, 5.41) is 3.36. The molecule has 1 aromatic rings. The smallest absolute Gasteiger partial charge is 0.285 e. The van der Waals surface area contributed by atoms with Gasteiger partial charge in [-0.25, -0.2) is 0 Å². The second-order valence-electron chi connectivity index (χ2n) is 6.34. The molecule has 1 atom stereocenters. The summed E-state index contributed by atoms with van der Waals surface area (Å²) in [6.07, 6.45) is 4.38. The quantitative estimate of drug-likeness (QED) is 0.917. The van der Waals surface area contributed by atoms with E-state index in [-0.39, 0.29) is 12.1 Å². The molecule has 1 N–H and O–H groups in total. The molecule has 2 fully saturated rings. The van der Waals surface area contributed by atoms with Crippen LogP contribution in [0.2, 0.25) is 0 Å². The molecule has 1 aromatic carbocycles. The lowest BCUT2D eigenvalue weighted by Crippen LogP contribution is -2.44. The third-order valence-corrected chi connectivity index (χ3v) is 4.94. The minimum atomic E-state index is -2.75. The summed E-state index contributed by atoms with van der Waals surface area (Å²) < 4.78 is 29.0. The van der Waals surface area contributed by atoms with Gasteiger partial charge in [0.1, 0.15) is 0 Å². The fourth-order valence-corrected chi connectivity index (χ4v) is 3.84. The lowest BCUT2D eigenvalue weighted by atomic mass is 9.88. The van der Waals surface area contributed by atoms with Crippen LogP contribution in [0.15, 0.2) is 30.3 Å². The van der Waals surface area contributed by atoms with Crippen LogP contribution in [0.5, 0.6) is 0 Å². The molecule has 2 saturated heterocycles. The van der Waals surface area contributed by atoms with Gasteiger partial charge in [0.25, 0.3) is 5.92 Å². The first-order chi connectivity index (χ1) is 10.2. The highest BCUT2D eigenvalue weighted by Gasteiger charge is 2.40. The molecule has 21 heavy (non-hydrogen) atoms. The van der Waals surface area contributed by atoms with E-state index in [0.717, 1.165) is 45.3 Å². The van der Waals surface area contributed by atoms with E-state index >= 15 is 0 Å². The molecule has 0 aromatic heterocycles. The van der Waals surface area contributed by atoms with Gasteiger partial charge >= 0.3 is 0 Å². The van der Waals surface area contributed by atoms with E-state index in [9.17, 15) is 8.78 Å². The number of rotatable bonds is 4. The van der Waals surface area contributed by atoms with E-state index in [1.165, 1.54) is 12.1 Å². The van der Waals surface area contributed by atoms with Crippen molar-refractivity contribution < 1.29 is 8.78 Å². The average Bonchev–Trinajstić information content (AvgIpc) is 2.96. The van der Waals surface area contributed by atoms with Gasteiger partial charge in [-0.1, -0.05) is 30.3 Å². The molecule has 0 spiro atoms. The molecule has 0 amide bonds. The number of likely N-dealkylation sites (tertiary alicyclic amines) is 1. The van der Waals surface area contributed by atoms with E-state index in [2.05, 4.69) is 5.32 Å². The van der Waals surface area contributed by atoms with Gasteiger partial charge in [0.2, 0.25) is 0 Å². The van der Waals surface area contributed by atoms with Crippen molar-refractivity contribution in [3.05, 3.63) is 35.9 Å². The first-order valence-electron chi connectivity index (χ1n) is 8.05. The Bertz CT molecular complexity index is 443. The number of alkyl halides is 2. The third kappa shape index (κ3) is 3.43. The summed E-state index contributed by atoms with van der Waals surface area (Å²) in [5.74, 6) is -2.17. The second-order valence-corrected chi connectivity index (χ2v) is 6.34. The van der Waals surface area contributed by atoms with Crippen molar-refractivity contribution in [1.29, 1.82) is 0 Å². The van der Waals surface area contributed by atoms with Gasteiger partial charge in [-0.15, -0.1) is 0 Å². The van der Waals surface area contributed by atoms with Crippen LogP contribution in [-0.2, 0) is 5.92 Å². The standard InChI is InChI=1S/C17H24F2N2/c18-17(19,15-5-2-1-3-6-15)13-21-12-4-7-16(21)14-8-10-20-11-9-14/h1-3,5-6,14,16,20H,4,7-13H2. The normalized spacial score (nSPS) is 25.3. The van der Waals surface area contributed by atoms with E-state index in [0.29, 0.717) is 12.0 Å². The Morgan fingerprint density at radius 3 is 2.52 bits per heavy atom. The number of benzene rings is 1. The zero-order valence-corrected chi connectivity index (χ0v) is 12.4. The zero-order chi connectivity index (χ0) is 14.7. The maximum absolute atomic E-state index is 14.5. The molecule has 4 heteroatoms. The number of nitrogens with one attached hydrogen (secondary N) is 1. The van der Waals surface area contributed by atoms with Crippen molar-refractivity contribution in [1.82, 2.24) is 10.2 Å². The Kier molecular flexibility index (Phi) is 4.55. The van der Waals surface area contributed by atoms with Crippen molar-refractivity contribution >= 4 is 0 Å². The van der Waals surface area contributed by atoms with Gasteiger partial charge in [0.05, 0.1) is 6.54 Å². The number of halogens is 2. The summed E-state index contributed by atoms with van der Waals surface area (Å²) in [4.78, 5) is 2.04. The average molecular weight is 294 g/mol. The Morgan fingerprint density at radius 1 is 1.10 bits per heavy atom. The number of nitrogens with zero attached hydrogens (tertiary/aromatic N) is 1. The first kappa shape index (κ1) is 14.9. The highest BCUT2D eigenvalue weighted by molar-refractivity contribution is 5.20. The molecule has 1 unspecified atom stereocenters. The largest absolute Gasteiger partial charge is 0.317 e. The number of hydrogen-bond acceptors (Lipinski definition) is 2. The van der Waals surface area contributed by atoms with Crippen LogP contribution in [0.25, 0.3) is 0 Å². The number of hydrogen-bond donors (Lipinski definition) is 1. The summed E-state index contributed by atoms with van der Waals surface area (Å²) >= 11 is 0. The lowest BCUT2D eigenvalue weighted by Gasteiger charge is -2.36. The summed E-state index contributed by atoms with van der Waals surface area (Å²) in [6, 6.07) is 8.59. The molecule has 0 radical (unpaired) electrons. The van der Waals surface area contributed by atoms with E-state index in [1.54, 1.807) is 18.2 Å². The number of piperidine rings is 1. The van der Waals surface area contributed by atoms with Crippen molar-refractivity contribution in [3.63, 3.8) is 0 Å². The summed E-state index contributed by atoms with van der Waals surface area (Å²) in [6.45, 7) is 2.75. The maximum Gasteiger partial charge on any atom is 0.285 e. The topological polar surface area (TPSA) is 15.3 Å². The van der Waals surface area contributed by atoms with Crippen LogP contribution in [0.4, 0.5) is 8.78 Å². The molecule has 0 saturated carbocycles. The molecule has 2 heterocycles. The van der Waals surface area contributed by atoms with Crippen molar-refractivity contribution in [2.24, 2.45) is 5.92 Å². The minimum absolute atomic E-state index is 0.133. The van der Waals surface area contributed by atoms with Gasteiger partial charge in [0.15, 0.2) is 0 Å². The van der Waals surface area contributed by atoms with Crippen LogP contribution in [-0.4, -0.2) is 37.1 Å². The summed E-state index contributed by atoms with van der Waals surface area (Å²) in [5.41, 5.74) is 0.140. The maximum atomic E-state index is 14.5. The van der Waals surface area contributed by atoms with Crippen LogP contribution >= 0.6 is 0 Å². The third-order valence-electron chi connectivity index (χ3n) is 4.94. The Balaban J connectivity index is 1.68. The second kappa shape index (κ2) is 6.41. The molecule has 0 aliphatic carbocycles. The van der Waals surface area contributed by atoms with E-state index < -0.39 is 5.92 Å². The molecule has 2 nitrogen and oxygen atoms in total. The van der Waals surface area contributed by atoms with Gasteiger partial charge in [0, 0.05) is 11.6 Å². The van der Waals surface area contributed by atoms with Crippen LogP contribution < -0.4 is 5.32 Å². The molecule has 2 aliphatic rings. The van der Waals surface area contributed by atoms with Crippen molar-refractivity contribution in [2.75, 3.05) is 26.2 Å². The fourth-order valence-electron chi connectivity index (χ4n) is 3.84. The zero-order valence-electron chi connectivity index (χ0n) is 12.4. The van der Waals surface area contributed by atoms with Gasteiger partial charge in [-0.05, 0) is 51.2 Å². The minimum Gasteiger partial charge on any atom is -0.317 e. The van der Waals surface area contributed by atoms with Crippen molar-refractivity contribution in [2.45, 2.75) is 37.6 Å². The lowest BCUT2D eigenvalue weighted by molar-refractivity contribution is -0.0469. The molecule has 2 aliphatic heterocycles. The van der Waals surface area contributed by atoms with Crippen LogP contribution in [0, 0.1) is 5.92 Å². The van der Waals surface area contributed by atoms with Crippen LogP contribution in [0.1, 0.15) is 31.2 Å². The molecule has 3 rings (SSSR count). The highest BCUT2D eigenvalue weighted by atomic mass is 19.3. The monoisotopic (exact) mass is 294 g/mol. The first-order valence-corrected chi connectivity index (χ1v) is 8.05. The molecule has 0 bridgehead atoms. The van der Waals surface area contributed by atoms with Gasteiger partial charge in [-0.3, -0.25) is 4.90 Å². The molecular formula is C17H24F2N2. The fraction of sp³-hybridized carbons (Fsp3) is 0.647. The van der Waals surface area contributed by atoms with E-state index in [1.807, 2.05) is 4.90 Å². The predicted octanol–water partition coefficient (Wildman–Crippen LogP) is 3.24. The highest BCUT2D eigenvalue weighted by Crippen LogP contribution is 2.35. The van der Waals surface area contributed by atoms with E-state index in [4.69, 9.17) is 0 Å². The van der Waals surface area contributed by atoms with Crippen molar-refractivity contribution in [3.8, 4) is 0 Å². The Morgan fingerprint density at radius 2 is 1.81 bits per heavy atom. The SMILES string of the molecule is FC(F)(CN1CCCC1C1CCNCC1)c1ccccc1. The Hall–Kier alpha value is -1.00. The molecule has 116 valence electrons. The molecular weight excluding hydrogens is 270 g/mol. The van der Waals surface area contributed by atoms with Gasteiger partial charge < -0.3 is 5.32 Å². The summed E-state index contributed by atoms with van der Waals surface area (Å²) in [7, 11) is 0. The predicted molar refractivity (Wildman–Crippen MR) is 80.5 cm³/mol. The Labute approximate surface area is 125 Å². The van der Waals surface area contributed by atoms with Gasteiger partial charge in [-0.2, -0.15) is 8.78 Å².